The Morgan fingerprint density at radius 1 is 1.33 bits per heavy atom. The van der Waals surface area contributed by atoms with Crippen molar-refractivity contribution in [3.8, 4) is 0 Å². The number of benzene rings is 1. The average molecular weight is 296 g/mol. The van der Waals surface area contributed by atoms with Crippen LogP contribution in [0, 0.1) is 0 Å². The number of amides is 1. The fraction of sp³-hybridized carbons (Fsp3) is 0.417. The quantitative estimate of drug-likeness (QED) is 0.797. The Bertz CT molecular complexity index is 342. The Morgan fingerprint density at radius 3 is 2.22 bits per heavy atom. The van der Waals surface area contributed by atoms with E-state index in [1.54, 1.807) is 6.07 Å². The summed E-state index contributed by atoms with van der Waals surface area (Å²) in [6.45, 7) is 2.17. The lowest BCUT2D eigenvalue weighted by molar-refractivity contribution is 0.205. The van der Waals surface area contributed by atoms with E-state index in [-0.39, 0.29) is 0 Å². The van der Waals surface area contributed by atoms with E-state index >= 15 is 0 Å². The first-order valence-electron chi connectivity index (χ1n) is 5.34. The molecule has 0 bridgehead atoms. The molecule has 0 spiro atoms. The summed E-state index contributed by atoms with van der Waals surface area (Å²) < 4.78 is 0. The molecule has 0 aromatic heterocycles. The summed E-state index contributed by atoms with van der Waals surface area (Å²) in [5.41, 5.74) is 5.22. The zero-order valence-electron chi connectivity index (χ0n) is 10.5. The molecule has 0 saturated heterocycles. The van der Waals surface area contributed by atoms with E-state index in [9.17, 15) is 0 Å². The standard InChI is InChI=1S/C10H12Cl2.CH3NO2.CH4O/c1-2-3-4-8-5-6-9(11)7-10(8)12;2-1(3)4;1-2/h5-7H,2-4H2,1H3;2H2,(H,3,4);2H,1H3. The van der Waals surface area contributed by atoms with Crippen LogP contribution in [0.2, 0.25) is 10.0 Å². The van der Waals surface area contributed by atoms with Gasteiger partial charge in [-0.25, -0.2) is 4.79 Å². The number of aliphatic hydroxyl groups excluding tert-OH is 1. The minimum absolute atomic E-state index is 0.709. The summed E-state index contributed by atoms with van der Waals surface area (Å²) in [5.74, 6) is 0. The van der Waals surface area contributed by atoms with E-state index < -0.39 is 6.09 Å². The van der Waals surface area contributed by atoms with E-state index in [1.807, 2.05) is 12.1 Å². The first-order valence-corrected chi connectivity index (χ1v) is 6.10. The number of rotatable bonds is 3. The SMILES string of the molecule is CCCCc1ccc(Cl)cc1Cl.CO.NC(=O)O. The van der Waals surface area contributed by atoms with Gasteiger partial charge in [-0.05, 0) is 30.5 Å². The van der Waals surface area contributed by atoms with Crippen molar-refractivity contribution in [1.29, 1.82) is 0 Å². The molecule has 0 atom stereocenters. The average Bonchev–Trinajstić information content (AvgIpc) is 2.30. The van der Waals surface area contributed by atoms with Crippen molar-refractivity contribution in [3.63, 3.8) is 0 Å². The minimum atomic E-state index is -1.33. The third-order valence-electron chi connectivity index (χ3n) is 1.81. The molecule has 0 aliphatic rings. The Balaban J connectivity index is 0. The van der Waals surface area contributed by atoms with E-state index in [2.05, 4.69) is 12.7 Å². The lowest BCUT2D eigenvalue weighted by atomic mass is 10.1. The molecule has 1 aromatic rings. The lowest BCUT2D eigenvalue weighted by Gasteiger charge is -2.02. The number of nitrogens with two attached hydrogens (primary N) is 1. The highest BCUT2D eigenvalue weighted by Crippen LogP contribution is 2.22. The Kier molecular flexibility index (Phi) is 13.4. The summed E-state index contributed by atoms with van der Waals surface area (Å²) in [5, 5.41) is 15.7. The van der Waals surface area contributed by atoms with Crippen LogP contribution in [0.5, 0.6) is 0 Å². The van der Waals surface area contributed by atoms with Crippen molar-refractivity contribution < 1.29 is 15.0 Å². The summed E-state index contributed by atoms with van der Waals surface area (Å²) in [7, 11) is 1.00. The number of primary amides is 1. The van der Waals surface area contributed by atoms with Gasteiger partial charge >= 0.3 is 6.09 Å². The van der Waals surface area contributed by atoms with Crippen molar-refractivity contribution in [2.45, 2.75) is 26.2 Å². The number of halogens is 2. The van der Waals surface area contributed by atoms with Crippen LogP contribution in [0.3, 0.4) is 0 Å². The van der Waals surface area contributed by atoms with Gasteiger partial charge in [-0.3, -0.25) is 0 Å². The molecule has 0 unspecified atom stereocenters. The monoisotopic (exact) mass is 295 g/mol. The van der Waals surface area contributed by atoms with Crippen LogP contribution in [0.25, 0.3) is 0 Å². The van der Waals surface area contributed by atoms with Crippen molar-refractivity contribution in [2.75, 3.05) is 7.11 Å². The molecule has 0 radical (unpaired) electrons. The molecule has 0 fully saturated rings. The maximum absolute atomic E-state index is 8.78. The van der Waals surface area contributed by atoms with Crippen LogP contribution in [0.1, 0.15) is 25.3 Å². The molecule has 6 heteroatoms. The van der Waals surface area contributed by atoms with Crippen molar-refractivity contribution in [3.05, 3.63) is 33.8 Å². The predicted octanol–water partition coefficient (Wildman–Crippen LogP) is 3.57. The first kappa shape index (κ1) is 19.4. The van der Waals surface area contributed by atoms with Crippen LogP contribution >= 0.6 is 23.2 Å². The normalized spacial score (nSPS) is 8.50. The first-order chi connectivity index (χ1) is 8.47. The molecular formula is C12H19Cl2NO3. The molecule has 4 N–H and O–H groups in total. The molecule has 1 rings (SSSR count). The summed E-state index contributed by atoms with van der Waals surface area (Å²) in [6, 6.07) is 5.69. The highest BCUT2D eigenvalue weighted by molar-refractivity contribution is 6.35. The smallest absolute Gasteiger partial charge is 0.402 e. The van der Waals surface area contributed by atoms with E-state index in [1.165, 1.54) is 18.4 Å². The Morgan fingerprint density at radius 2 is 1.83 bits per heavy atom. The topological polar surface area (TPSA) is 83.5 Å². The number of hydrogen-bond acceptors (Lipinski definition) is 2. The van der Waals surface area contributed by atoms with Crippen molar-refractivity contribution >= 4 is 29.3 Å². The molecule has 0 saturated carbocycles. The van der Waals surface area contributed by atoms with Crippen LogP contribution < -0.4 is 5.73 Å². The van der Waals surface area contributed by atoms with Crippen LogP contribution in [0.4, 0.5) is 4.79 Å². The molecule has 104 valence electrons. The van der Waals surface area contributed by atoms with Crippen LogP contribution in [-0.4, -0.2) is 23.4 Å². The van der Waals surface area contributed by atoms with Gasteiger partial charge in [0, 0.05) is 17.2 Å². The highest BCUT2D eigenvalue weighted by Gasteiger charge is 1.99. The molecule has 18 heavy (non-hydrogen) atoms. The second-order valence-electron chi connectivity index (χ2n) is 3.18. The van der Waals surface area contributed by atoms with Gasteiger partial charge < -0.3 is 15.9 Å². The molecular weight excluding hydrogens is 277 g/mol. The fourth-order valence-electron chi connectivity index (χ4n) is 1.09. The van der Waals surface area contributed by atoms with Gasteiger partial charge in [-0.15, -0.1) is 0 Å². The van der Waals surface area contributed by atoms with E-state index in [0.29, 0.717) is 5.02 Å². The molecule has 0 aliphatic carbocycles. The second kappa shape index (κ2) is 12.5. The zero-order chi connectivity index (χ0) is 14.6. The van der Waals surface area contributed by atoms with Gasteiger partial charge in [0.25, 0.3) is 0 Å². The number of aliphatic hydroxyl groups is 1. The number of carboxylic acid groups (broad SMARTS) is 1. The number of unbranched alkanes of at least 4 members (excludes halogenated alkanes) is 1. The molecule has 0 heterocycles. The maximum atomic E-state index is 8.78. The lowest BCUT2D eigenvalue weighted by Crippen LogP contribution is -2.03. The summed E-state index contributed by atoms with van der Waals surface area (Å²) in [4.78, 5) is 8.78. The second-order valence-corrected chi connectivity index (χ2v) is 4.02. The van der Waals surface area contributed by atoms with Gasteiger partial charge in [0.2, 0.25) is 0 Å². The van der Waals surface area contributed by atoms with Crippen molar-refractivity contribution in [2.24, 2.45) is 5.73 Å². The van der Waals surface area contributed by atoms with E-state index in [4.69, 9.17) is 38.2 Å². The van der Waals surface area contributed by atoms with Crippen LogP contribution in [0.15, 0.2) is 18.2 Å². The van der Waals surface area contributed by atoms with Crippen LogP contribution in [-0.2, 0) is 6.42 Å². The molecule has 1 amide bonds. The van der Waals surface area contributed by atoms with Gasteiger partial charge in [0.15, 0.2) is 0 Å². The van der Waals surface area contributed by atoms with Gasteiger partial charge in [0.05, 0.1) is 0 Å². The molecule has 0 aliphatic heterocycles. The summed E-state index contributed by atoms with van der Waals surface area (Å²) >= 11 is 11.7. The predicted molar refractivity (Wildman–Crippen MR) is 75.4 cm³/mol. The maximum Gasteiger partial charge on any atom is 0.402 e. The molecule has 1 aromatic carbocycles. The third kappa shape index (κ3) is 11.5. The fourth-order valence-corrected chi connectivity index (χ4v) is 1.59. The minimum Gasteiger partial charge on any atom is -0.465 e. The Labute approximate surface area is 117 Å². The Hall–Kier alpha value is -0.970. The largest absolute Gasteiger partial charge is 0.465 e. The van der Waals surface area contributed by atoms with Gasteiger partial charge in [-0.1, -0.05) is 42.6 Å². The number of hydrogen-bond donors (Lipinski definition) is 3. The zero-order valence-corrected chi connectivity index (χ0v) is 12.0. The summed E-state index contributed by atoms with van der Waals surface area (Å²) in [6.07, 6.45) is 2.09. The van der Waals surface area contributed by atoms with Gasteiger partial charge in [0.1, 0.15) is 0 Å². The van der Waals surface area contributed by atoms with Crippen molar-refractivity contribution in [1.82, 2.24) is 0 Å². The van der Waals surface area contributed by atoms with Gasteiger partial charge in [-0.2, -0.15) is 0 Å². The number of carbonyl (C=O) groups is 1. The number of aryl methyl sites for hydroxylation is 1. The highest BCUT2D eigenvalue weighted by atomic mass is 35.5. The van der Waals surface area contributed by atoms with E-state index in [0.717, 1.165) is 18.6 Å². The third-order valence-corrected chi connectivity index (χ3v) is 2.40. The molecule has 4 nitrogen and oxygen atoms in total.